The highest BCUT2D eigenvalue weighted by atomic mass is 16.2. The first-order valence-corrected chi connectivity index (χ1v) is 7.83. The molecule has 21 heavy (non-hydrogen) atoms. The minimum Gasteiger partial charge on any atom is -0.355 e. The number of benzene rings is 1. The van der Waals surface area contributed by atoms with Crippen molar-refractivity contribution in [1.82, 2.24) is 10.6 Å². The molecule has 0 radical (unpaired) electrons. The van der Waals surface area contributed by atoms with Gasteiger partial charge in [-0.05, 0) is 48.8 Å². The molecule has 2 amide bonds. The van der Waals surface area contributed by atoms with E-state index in [1.54, 1.807) is 0 Å². The maximum Gasteiger partial charge on any atom is 0.239 e. The monoisotopic (exact) mass is 288 g/mol. The largest absolute Gasteiger partial charge is 0.355 e. The number of hydrogen-bond donors (Lipinski definition) is 2. The predicted molar refractivity (Wildman–Crippen MR) is 83.1 cm³/mol. The van der Waals surface area contributed by atoms with Gasteiger partial charge in [-0.3, -0.25) is 9.59 Å². The fourth-order valence-electron chi connectivity index (χ4n) is 2.65. The number of aryl methyl sites for hydroxylation is 2. The Balaban J connectivity index is 1.81. The third kappa shape index (κ3) is 4.88. The first-order valence-electron chi connectivity index (χ1n) is 7.83. The summed E-state index contributed by atoms with van der Waals surface area (Å²) in [7, 11) is 0. The number of nitrogens with one attached hydrogen (secondary N) is 2. The zero-order valence-electron chi connectivity index (χ0n) is 12.7. The first-order chi connectivity index (χ1) is 10.2. The highest BCUT2D eigenvalue weighted by Gasteiger charge is 2.11. The summed E-state index contributed by atoms with van der Waals surface area (Å²) in [5, 5.41) is 5.41. The molecule has 114 valence electrons. The molecule has 1 aliphatic rings. The minimum absolute atomic E-state index is 0.0593. The SMILES string of the molecule is CCCNC(=O)CNC(=O)Cc1ccc2c(c1)CCCC2. The van der Waals surface area contributed by atoms with Crippen molar-refractivity contribution in [3.8, 4) is 0 Å². The zero-order chi connectivity index (χ0) is 15.1. The van der Waals surface area contributed by atoms with Crippen molar-refractivity contribution < 1.29 is 9.59 Å². The summed E-state index contributed by atoms with van der Waals surface area (Å²) in [4.78, 5) is 23.3. The third-order valence-electron chi connectivity index (χ3n) is 3.80. The van der Waals surface area contributed by atoms with E-state index < -0.39 is 0 Å². The summed E-state index contributed by atoms with van der Waals surface area (Å²) in [5.41, 5.74) is 3.83. The highest BCUT2D eigenvalue weighted by molar-refractivity contribution is 5.85. The van der Waals surface area contributed by atoms with E-state index in [2.05, 4.69) is 22.8 Å². The molecule has 0 spiro atoms. The Labute approximate surface area is 126 Å². The number of hydrogen-bond acceptors (Lipinski definition) is 2. The summed E-state index contributed by atoms with van der Waals surface area (Å²) in [6, 6.07) is 6.32. The molecule has 0 aromatic heterocycles. The minimum atomic E-state index is -0.129. The van der Waals surface area contributed by atoms with Crippen LogP contribution in [0, 0.1) is 0 Å². The average molecular weight is 288 g/mol. The van der Waals surface area contributed by atoms with E-state index in [1.807, 2.05) is 13.0 Å². The molecule has 0 bridgehead atoms. The zero-order valence-corrected chi connectivity index (χ0v) is 12.7. The summed E-state index contributed by atoms with van der Waals surface area (Å²) >= 11 is 0. The van der Waals surface area contributed by atoms with Crippen molar-refractivity contribution in [1.29, 1.82) is 0 Å². The number of fused-ring (bicyclic) bond motifs is 1. The average Bonchev–Trinajstić information content (AvgIpc) is 2.50. The molecule has 0 aliphatic heterocycles. The second kappa shape index (κ2) is 7.81. The Morgan fingerprint density at radius 2 is 1.81 bits per heavy atom. The standard InChI is InChI=1S/C17H24N2O2/c1-2-9-18-17(21)12-19-16(20)11-13-7-8-14-5-3-4-6-15(14)10-13/h7-8,10H,2-6,9,11-12H2,1H3,(H,18,21)(H,19,20). The summed E-state index contributed by atoms with van der Waals surface area (Å²) in [6.45, 7) is 2.71. The van der Waals surface area contributed by atoms with Crippen LogP contribution in [0.5, 0.6) is 0 Å². The van der Waals surface area contributed by atoms with Gasteiger partial charge in [-0.25, -0.2) is 0 Å². The third-order valence-corrected chi connectivity index (χ3v) is 3.80. The Hall–Kier alpha value is -1.84. The number of carbonyl (C=O) groups is 2. The van der Waals surface area contributed by atoms with E-state index in [1.165, 1.54) is 24.0 Å². The highest BCUT2D eigenvalue weighted by Crippen LogP contribution is 2.22. The van der Waals surface area contributed by atoms with Crippen LogP contribution in [0.3, 0.4) is 0 Å². The molecule has 0 heterocycles. The number of amides is 2. The summed E-state index contributed by atoms with van der Waals surface area (Å²) in [6.07, 6.45) is 6.01. The van der Waals surface area contributed by atoms with Gasteiger partial charge in [0.25, 0.3) is 0 Å². The van der Waals surface area contributed by atoms with Crippen LogP contribution in [-0.2, 0) is 28.9 Å². The van der Waals surface area contributed by atoms with Crippen LogP contribution in [0.1, 0.15) is 42.9 Å². The molecule has 0 atom stereocenters. The molecule has 2 rings (SSSR count). The molecule has 0 fully saturated rings. The van der Waals surface area contributed by atoms with Crippen LogP contribution in [-0.4, -0.2) is 24.9 Å². The molecule has 4 nitrogen and oxygen atoms in total. The topological polar surface area (TPSA) is 58.2 Å². The van der Waals surface area contributed by atoms with Gasteiger partial charge >= 0.3 is 0 Å². The van der Waals surface area contributed by atoms with Gasteiger partial charge in [-0.15, -0.1) is 0 Å². The Morgan fingerprint density at radius 3 is 2.57 bits per heavy atom. The maximum atomic E-state index is 11.9. The van der Waals surface area contributed by atoms with E-state index in [-0.39, 0.29) is 18.4 Å². The van der Waals surface area contributed by atoms with Gasteiger partial charge < -0.3 is 10.6 Å². The van der Waals surface area contributed by atoms with E-state index >= 15 is 0 Å². The van der Waals surface area contributed by atoms with E-state index in [0.717, 1.165) is 24.8 Å². The Morgan fingerprint density at radius 1 is 1.05 bits per heavy atom. The molecule has 0 saturated carbocycles. The molecule has 2 N–H and O–H groups in total. The molecule has 1 aromatic rings. The Kier molecular flexibility index (Phi) is 5.78. The van der Waals surface area contributed by atoms with Crippen LogP contribution >= 0.6 is 0 Å². The number of rotatable bonds is 6. The molecular formula is C17H24N2O2. The second-order valence-corrected chi connectivity index (χ2v) is 5.61. The van der Waals surface area contributed by atoms with E-state index in [9.17, 15) is 9.59 Å². The fourth-order valence-corrected chi connectivity index (χ4v) is 2.65. The van der Waals surface area contributed by atoms with Gasteiger partial charge in [0.1, 0.15) is 0 Å². The normalized spacial score (nSPS) is 13.4. The van der Waals surface area contributed by atoms with Crippen molar-refractivity contribution in [2.24, 2.45) is 0 Å². The molecule has 1 aliphatic carbocycles. The van der Waals surface area contributed by atoms with Crippen molar-refractivity contribution in [3.63, 3.8) is 0 Å². The fraction of sp³-hybridized carbons (Fsp3) is 0.529. The van der Waals surface area contributed by atoms with Crippen LogP contribution in [0.25, 0.3) is 0 Å². The van der Waals surface area contributed by atoms with Gasteiger partial charge in [0, 0.05) is 6.54 Å². The lowest BCUT2D eigenvalue weighted by Gasteiger charge is -2.16. The molecular weight excluding hydrogens is 264 g/mol. The molecule has 0 saturated heterocycles. The van der Waals surface area contributed by atoms with E-state index in [4.69, 9.17) is 0 Å². The van der Waals surface area contributed by atoms with Gasteiger partial charge in [-0.1, -0.05) is 25.1 Å². The molecule has 0 unspecified atom stereocenters. The van der Waals surface area contributed by atoms with Crippen LogP contribution in [0.2, 0.25) is 0 Å². The van der Waals surface area contributed by atoms with Crippen molar-refractivity contribution in [3.05, 3.63) is 34.9 Å². The van der Waals surface area contributed by atoms with Crippen molar-refractivity contribution in [2.45, 2.75) is 45.4 Å². The molecule has 1 aromatic carbocycles. The first kappa shape index (κ1) is 15.5. The smallest absolute Gasteiger partial charge is 0.239 e. The lowest BCUT2D eigenvalue weighted by molar-refractivity contribution is -0.125. The quantitative estimate of drug-likeness (QED) is 0.838. The maximum absolute atomic E-state index is 11.9. The van der Waals surface area contributed by atoms with Crippen LogP contribution < -0.4 is 10.6 Å². The summed E-state index contributed by atoms with van der Waals surface area (Å²) in [5.74, 6) is -0.229. The van der Waals surface area contributed by atoms with Gasteiger partial charge in [0.15, 0.2) is 0 Å². The number of carbonyl (C=O) groups excluding carboxylic acids is 2. The van der Waals surface area contributed by atoms with Gasteiger partial charge in [0.05, 0.1) is 13.0 Å². The lowest BCUT2D eigenvalue weighted by atomic mass is 9.90. The Bertz CT molecular complexity index is 512. The lowest BCUT2D eigenvalue weighted by Crippen LogP contribution is -2.37. The van der Waals surface area contributed by atoms with E-state index in [0.29, 0.717) is 13.0 Å². The van der Waals surface area contributed by atoms with Crippen LogP contribution in [0.4, 0.5) is 0 Å². The predicted octanol–water partition coefficient (Wildman–Crippen LogP) is 1.75. The van der Waals surface area contributed by atoms with Crippen LogP contribution in [0.15, 0.2) is 18.2 Å². The molecule has 4 heteroatoms. The van der Waals surface area contributed by atoms with Crippen molar-refractivity contribution >= 4 is 11.8 Å². The van der Waals surface area contributed by atoms with Crippen molar-refractivity contribution in [2.75, 3.05) is 13.1 Å². The summed E-state index contributed by atoms with van der Waals surface area (Å²) < 4.78 is 0. The van der Waals surface area contributed by atoms with Gasteiger partial charge in [-0.2, -0.15) is 0 Å². The van der Waals surface area contributed by atoms with Gasteiger partial charge in [0.2, 0.25) is 11.8 Å². The second-order valence-electron chi connectivity index (χ2n) is 5.61.